The van der Waals surface area contributed by atoms with Crippen molar-refractivity contribution in [1.82, 2.24) is 4.72 Å². The van der Waals surface area contributed by atoms with Crippen LogP contribution in [-0.2, 0) is 37.5 Å². The quantitative estimate of drug-likeness (QED) is 0.589. The molecule has 0 bridgehead atoms. The molecule has 1 atom stereocenters. The van der Waals surface area contributed by atoms with Gasteiger partial charge in [0.1, 0.15) is 0 Å². The van der Waals surface area contributed by atoms with Gasteiger partial charge in [-0.15, -0.1) is 11.8 Å². The average Bonchev–Trinajstić information content (AvgIpc) is 3.31. The normalized spacial score (nSPS) is 19.8. The van der Waals surface area contributed by atoms with Crippen molar-refractivity contribution in [2.24, 2.45) is 0 Å². The minimum atomic E-state index is -3.82. The zero-order chi connectivity index (χ0) is 22.1. The van der Waals surface area contributed by atoms with Crippen molar-refractivity contribution in [3.05, 3.63) is 53.6 Å². The van der Waals surface area contributed by atoms with Gasteiger partial charge in [-0.1, -0.05) is 6.07 Å². The van der Waals surface area contributed by atoms with Crippen LogP contribution in [-0.4, -0.2) is 46.0 Å². The molecule has 2 aliphatic rings. The molecule has 31 heavy (non-hydrogen) atoms. The summed E-state index contributed by atoms with van der Waals surface area (Å²) >= 11 is 1.47. The molecule has 0 spiro atoms. The highest BCUT2D eigenvalue weighted by Crippen LogP contribution is 2.27. The van der Waals surface area contributed by atoms with Gasteiger partial charge in [-0.25, -0.2) is 21.6 Å². The molecule has 1 fully saturated rings. The van der Waals surface area contributed by atoms with Crippen LogP contribution in [0.15, 0.2) is 52.3 Å². The Kier molecular flexibility index (Phi) is 6.43. The van der Waals surface area contributed by atoms with Gasteiger partial charge < -0.3 is 5.32 Å². The highest BCUT2D eigenvalue weighted by atomic mass is 32.2. The van der Waals surface area contributed by atoms with Crippen molar-refractivity contribution >= 4 is 43.2 Å². The van der Waals surface area contributed by atoms with Crippen LogP contribution < -0.4 is 10.0 Å². The van der Waals surface area contributed by atoms with E-state index in [0.29, 0.717) is 5.69 Å². The fourth-order valence-electron chi connectivity index (χ4n) is 3.88. The number of rotatable bonds is 7. The van der Waals surface area contributed by atoms with Gasteiger partial charge in [0.25, 0.3) is 0 Å². The van der Waals surface area contributed by atoms with E-state index in [4.69, 9.17) is 0 Å². The lowest BCUT2D eigenvalue weighted by Crippen LogP contribution is -2.35. The number of benzene rings is 2. The summed E-state index contributed by atoms with van der Waals surface area (Å²) in [6.07, 6.45) is 3.68. The van der Waals surface area contributed by atoms with Crippen LogP contribution in [0.3, 0.4) is 0 Å². The molecule has 2 aromatic rings. The lowest BCUT2D eigenvalue weighted by Gasteiger charge is -2.12. The summed E-state index contributed by atoms with van der Waals surface area (Å²) in [6, 6.07) is 11.6. The Labute approximate surface area is 187 Å². The predicted octanol–water partition coefficient (Wildman–Crippen LogP) is 2.37. The number of sulfonamides is 1. The summed E-state index contributed by atoms with van der Waals surface area (Å²) < 4.78 is 50.5. The van der Waals surface area contributed by atoms with Gasteiger partial charge in [-0.3, -0.25) is 4.79 Å². The molecule has 7 nitrogen and oxygen atoms in total. The van der Waals surface area contributed by atoms with Gasteiger partial charge in [0.05, 0.1) is 22.2 Å². The van der Waals surface area contributed by atoms with Gasteiger partial charge in [-0.2, -0.15) is 0 Å². The zero-order valence-corrected chi connectivity index (χ0v) is 19.3. The summed E-state index contributed by atoms with van der Waals surface area (Å²) in [7, 11) is -7.00. The van der Waals surface area contributed by atoms with E-state index in [1.807, 2.05) is 6.07 Å². The summed E-state index contributed by atoms with van der Waals surface area (Å²) in [6.45, 7) is 0. The number of carbonyl (C=O) groups is 1. The van der Waals surface area contributed by atoms with Crippen LogP contribution in [0.2, 0.25) is 0 Å². The number of thioether (sulfide) groups is 1. The van der Waals surface area contributed by atoms with Gasteiger partial charge in [0.2, 0.25) is 15.9 Å². The second-order valence-corrected chi connectivity index (χ2v) is 12.9. The third kappa shape index (κ3) is 5.68. The minimum Gasteiger partial charge on any atom is -0.325 e. The number of carbonyl (C=O) groups excluding carboxylic acids is 1. The molecule has 10 heteroatoms. The number of nitrogens with one attached hydrogen (secondary N) is 2. The van der Waals surface area contributed by atoms with Crippen molar-refractivity contribution in [1.29, 1.82) is 0 Å². The van der Waals surface area contributed by atoms with Crippen LogP contribution in [0.25, 0.3) is 0 Å². The van der Waals surface area contributed by atoms with Gasteiger partial charge in [0.15, 0.2) is 9.84 Å². The van der Waals surface area contributed by atoms with E-state index >= 15 is 0 Å². The minimum absolute atomic E-state index is 0.00533. The first-order valence-corrected chi connectivity index (χ1v) is 14.4. The van der Waals surface area contributed by atoms with Crippen molar-refractivity contribution < 1.29 is 21.6 Å². The molecular weight excluding hydrogens is 456 g/mol. The first-order chi connectivity index (χ1) is 14.7. The van der Waals surface area contributed by atoms with Gasteiger partial charge >= 0.3 is 0 Å². The van der Waals surface area contributed by atoms with Crippen LogP contribution in [0.5, 0.6) is 0 Å². The molecule has 166 valence electrons. The van der Waals surface area contributed by atoms with E-state index in [1.54, 1.807) is 0 Å². The number of hydrogen-bond donors (Lipinski definition) is 2. The second kappa shape index (κ2) is 8.93. The highest BCUT2D eigenvalue weighted by molar-refractivity contribution is 8.00. The summed E-state index contributed by atoms with van der Waals surface area (Å²) in [5.41, 5.74) is 3.26. The maximum absolute atomic E-state index is 12.5. The molecule has 1 aliphatic carbocycles. The molecule has 2 aromatic carbocycles. The SMILES string of the molecule is O=C(CSc1ccc2c(c1)CCC2)Nc1ccc(S(=O)(=O)N[C@H]2CCS(=O)(=O)C2)cc1. The largest absolute Gasteiger partial charge is 0.325 e. The summed E-state index contributed by atoms with van der Waals surface area (Å²) in [5, 5.41) is 2.77. The zero-order valence-electron chi connectivity index (χ0n) is 16.8. The first kappa shape index (κ1) is 22.3. The molecule has 1 heterocycles. The topological polar surface area (TPSA) is 109 Å². The summed E-state index contributed by atoms with van der Waals surface area (Å²) in [5.74, 6) is -0.0941. The number of sulfone groups is 1. The van der Waals surface area contributed by atoms with Gasteiger partial charge in [-0.05, 0) is 73.2 Å². The maximum Gasteiger partial charge on any atom is 0.240 e. The maximum atomic E-state index is 12.5. The Balaban J connectivity index is 1.31. The third-order valence-corrected chi connectivity index (χ3v) is 9.74. The van der Waals surface area contributed by atoms with E-state index in [9.17, 15) is 21.6 Å². The number of fused-ring (bicyclic) bond motifs is 1. The molecule has 0 aromatic heterocycles. The number of aryl methyl sites for hydroxylation is 2. The van der Waals surface area contributed by atoms with Gasteiger partial charge in [0, 0.05) is 16.6 Å². The number of amides is 1. The molecule has 1 amide bonds. The Morgan fingerprint density at radius 1 is 1.06 bits per heavy atom. The van der Waals surface area contributed by atoms with Crippen LogP contribution in [0.4, 0.5) is 5.69 Å². The molecular formula is C21H24N2O5S3. The van der Waals surface area contributed by atoms with Crippen molar-refractivity contribution in [2.75, 3.05) is 22.6 Å². The van der Waals surface area contributed by atoms with E-state index in [0.717, 1.165) is 17.7 Å². The Bertz CT molecular complexity index is 1190. The predicted molar refractivity (Wildman–Crippen MR) is 122 cm³/mol. The highest BCUT2D eigenvalue weighted by Gasteiger charge is 2.31. The first-order valence-electron chi connectivity index (χ1n) is 10.1. The van der Waals surface area contributed by atoms with E-state index in [1.165, 1.54) is 53.6 Å². The van der Waals surface area contributed by atoms with Crippen LogP contribution >= 0.6 is 11.8 Å². The number of anilines is 1. The fraction of sp³-hybridized carbons (Fsp3) is 0.381. The molecule has 1 saturated heterocycles. The third-order valence-electron chi connectivity index (χ3n) is 5.44. The average molecular weight is 481 g/mol. The van der Waals surface area contributed by atoms with E-state index in [2.05, 4.69) is 22.2 Å². The van der Waals surface area contributed by atoms with Crippen molar-refractivity contribution in [2.45, 2.75) is 41.5 Å². The molecule has 1 aliphatic heterocycles. The van der Waals surface area contributed by atoms with E-state index < -0.39 is 25.9 Å². The summed E-state index contributed by atoms with van der Waals surface area (Å²) in [4.78, 5) is 13.4. The molecule has 2 N–H and O–H groups in total. The van der Waals surface area contributed by atoms with Crippen molar-refractivity contribution in [3.63, 3.8) is 0 Å². The van der Waals surface area contributed by atoms with E-state index in [-0.39, 0.29) is 34.5 Å². The van der Waals surface area contributed by atoms with Crippen LogP contribution in [0, 0.1) is 0 Å². The molecule has 4 rings (SSSR count). The fourth-order valence-corrected chi connectivity index (χ4v) is 7.69. The van der Waals surface area contributed by atoms with Crippen LogP contribution in [0.1, 0.15) is 24.0 Å². The Morgan fingerprint density at radius 3 is 2.52 bits per heavy atom. The van der Waals surface area contributed by atoms with Crippen molar-refractivity contribution in [3.8, 4) is 0 Å². The smallest absolute Gasteiger partial charge is 0.240 e. The molecule has 0 radical (unpaired) electrons. The molecule has 0 saturated carbocycles. The lowest BCUT2D eigenvalue weighted by molar-refractivity contribution is -0.113. The standard InChI is InChI=1S/C21H24N2O5S3/c24-21(13-29-19-7-4-15-2-1-3-16(15)12-19)22-17-5-8-20(9-6-17)31(27,28)23-18-10-11-30(25,26)14-18/h4-9,12,18,23H,1-3,10-11,13-14H2,(H,22,24)/t18-/m0/s1. The Hall–Kier alpha value is -1.88. The lowest BCUT2D eigenvalue weighted by atomic mass is 10.1. The Morgan fingerprint density at radius 2 is 1.81 bits per heavy atom. The number of hydrogen-bond acceptors (Lipinski definition) is 6. The monoisotopic (exact) mass is 480 g/mol. The molecule has 0 unspecified atom stereocenters. The second-order valence-electron chi connectivity index (χ2n) is 7.87.